The molecule has 1 fully saturated rings. The van der Waals surface area contributed by atoms with Crippen molar-refractivity contribution in [2.75, 3.05) is 25.5 Å². The van der Waals surface area contributed by atoms with Crippen molar-refractivity contribution in [3.05, 3.63) is 100 Å². The van der Waals surface area contributed by atoms with Gasteiger partial charge in [-0.2, -0.15) is 4.98 Å². The zero-order valence-corrected chi connectivity index (χ0v) is 26.8. The maximum atomic E-state index is 13.7. The number of esters is 1. The fourth-order valence-electron chi connectivity index (χ4n) is 5.69. The second-order valence-corrected chi connectivity index (χ2v) is 11.9. The lowest BCUT2D eigenvalue weighted by Gasteiger charge is -2.24. The number of hydrogen-bond donors (Lipinski definition) is 3. The number of halogens is 3. The average molecular weight is 675 g/mol. The molecule has 0 aliphatic carbocycles. The second-order valence-electron chi connectivity index (χ2n) is 11.5. The molecule has 48 heavy (non-hydrogen) atoms. The minimum atomic E-state index is -0.951. The lowest BCUT2D eigenvalue weighted by atomic mass is 9.99. The monoisotopic (exact) mass is 674 g/mol. The summed E-state index contributed by atoms with van der Waals surface area (Å²) in [5.41, 5.74) is 3.11. The van der Waals surface area contributed by atoms with Gasteiger partial charge in [0.1, 0.15) is 17.4 Å². The van der Waals surface area contributed by atoms with Crippen molar-refractivity contribution in [1.29, 1.82) is 0 Å². The Kier molecular flexibility index (Phi) is 10.2. The number of nitrogens with one attached hydrogen (secondary N) is 3. The number of fused-ring (bicyclic) bond motifs is 1. The Hall–Kier alpha value is -5.01. The van der Waals surface area contributed by atoms with Crippen LogP contribution in [0.4, 0.5) is 14.7 Å². The van der Waals surface area contributed by atoms with Crippen molar-refractivity contribution in [2.45, 2.75) is 38.4 Å². The molecule has 0 spiro atoms. The molecule has 1 saturated heterocycles. The maximum Gasteiger partial charge on any atom is 0.328 e. The Morgan fingerprint density at radius 3 is 2.71 bits per heavy atom. The first-order valence-corrected chi connectivity index (χ1v) is 15.9. The number of rotatable bonds is 11. The average Bonchev–Trinajstić information content (AvgIpc) is 3.45. The van der Waals surface area contributed by atoms with Gasteiger partial charge in [-0.05, 0) is 79.9 Å². The van der Waals surface area contributed by atoms with E-state index in [1.807, 2.05) is 4.57 Å². The molecular formula is C34H33ClF2N8O3. The Morgan fingerprint density at radius 1 is 1.10 bits per heavy atom. The number of piperidine rings is 1. The van der Waals surface area contributed by atoms with E-state index in [0.29, 0.717) is 52.2 Å². The number of hydrogen-bond acceptors (Lipinski definition) is 9. The molecule has 3 aromatic heterocycles. The molecule has 2 atom stereocenters. The van der Waals surface area contributed by atoms with Crippen LogP contribution in [-0.4, -0.2) is 62.6 Å². The van der Waals surface area contributed by atoms with Crippen molar-refractivity contribution in [1.82, 2.24) is 35.1 Å². The lowest BCUT2D eigenvalue weighted by molar-refractivity contribution is -0.142. The molecule has 3 N–H and O–H groups in total. The van der Waals surface area contributed by atoms with Crippen LogP contribution in [0, 0.1) is 17.6 Å². The van der Waals surface area contributed by atoms with Crippen LogP contribution in [0.15, 0.2) is 67.0 Å². The van der Waals surface area contributed by atoms with Gasteiger partial charge in [-0.3, -0.25) is 9.78 Å². The van der Waals surface area contributed by atoms with Gasteiger partial charge >= 0.3 is 5.97 Å². The molecule has 0 bridgehead atoms. The fourth-order valence-corrected chi connectivity index (χ4v) is 5.96. The topological polar surface area (TPSA) is 136 Å². The zero-order chi connectivity index (χ0) is 33.6. The highest BCUT2D eigenvalue weighted by Gasteiger charge is 2.25. The summed E-state index contributed by atoms with van der Waals surface area (Å²) in [7, 11) is 1.26. The Bertz CT molecular complexity index is 1940. The van der Waals surface area contributed by atoms with Crippen LogP contribution in [0.2, 0.25) is 5.02 Å². The minimum absolute atomic E-state index is 0.157. The molecule has 1 aliphatic rings. The predicted molar refractivity (Wildman–Crippen MR) is 176 cm³/mol. The number of pyridine rings is 1. The molecule has 1 aliphatic heterocycles. The lowest BCUT2D eigenvalue weighted by Crippen LogP contribution is -2.43. The van der Waals surface area contributed by atoms with E-state index >= 15 is 0 Å². The highest BCUT2D eigenvalue weighted by atomic mass is 35.5. The first-order valence-electron chi connectivity index (χ1n) is 15.5. The summed E-state index contributed by atoms with van der Waals surface area (Å²) in [6.07, 6.45) is 5.43. The summed E-state index contributed by atoms with van der Waals surface area (Å²) in [4.78, 5) is 44.0. The summed E-state index contributed by atoms with van der Waals surface area (Å²) in [6, 6.07) is 12.9. The third-order valence-corrected chi connectivity index (χ3v) is 8.48. The van der Waals surface area contributed by atoms with Crippen LogP contribution >= 0.6 is 11.6 Å². The molecule has 1 amide bonds. The van der Waals surface area contributed by atoms with Crippen molar-refractivity contribution < 1.29 is 23.1 Å². The molecule has 14 heteroatoms. The van der Waals surface area contributed by atoms with Crippen LogP contribution < -0.4 is 16.0 Å². The van der Waals surface area contributed by atoms with Gasteiger partial charge in [-0.25, -0.2) is 23.5 Å². The fraction of sp³-hybridized carbons (Fsp3) is 0.294. The molecule has 0 radical (unpaired) electrons. The summed E-state index contributed by atoms with van der Waals surface area (Å²) in [6.45, 7) is 2.58. The van der Waals surface area contributed by atoms with Crippen molar-refractivity contribution in [2.24, 2.45) is 5.92 Å². The highest BCUT2D eigenvalue weighted by molar-refractivity contribution is 6.33. The standard InChI is InChI=1S/C34H33ClF2N8O3/c1-48-33(47)28(15-23-6-2-3-12-39-23)43-32(46)22-8-9-24(25(35)14-22)30-42-29-18-41-34(40-17-20-7-10-26(36)27(37)13-20)44-31(29)45(30)19-21-5-4-11-38-16-21/h2-3,6-10,12-14,18,21,28,38H,4-5,11,15-17,19H2,1H3,(H,43,46)(H,40,41,44)/t21-,28-/m1/s1. The van der Waals surface area contributed by atoms with Gasteiger partial charge in [0.15, 0.2) is 17.3 Å². The van der Waals surface area contributed by atoms with Crippen LogP contribution in [0.5, 0.6) is 0 Å². The van der Waals surface area contributed by atoms with Gasteiger partial charge in [0.05, 0.1) is 18.3 Å². The highest BCUT2D eigenvalue weighted by Crippen LogP contribution is 2.32. The number of ether oxygens (including phenoxy) is 1. The van der Waals surface area contributed by atoms with Crippen LogP contribution in [0.1, 0.15) is 34.5 Å². The number of benzene rings is 2. The largest absolute Gasteiger partial charge is 0.467 e. The third-order valence-electron chi connectivity index (χ3n) is 8.16. The molecule has 11 nitrogen and oxygen atoms in total. The van der Waals surface area contributed by atoms with Gasteiger partial charge in [0, 0.05) is 42.5 Å². The number of carbonyl (C=O) groups excluding carboxylic acids is 2. The number of carbonyl (C=O) groups is 2. The van der Waals surface area contributed by atoms with E-state index in [0.717, 1.165) is 38.1 Å². The number of aromatic nitrogens is 5. The van der Waals surface area contributed by atoms with Gasteiger partial charge in [-0.1, -0.05) is 23.7 Å². The van der Waals surface area contributed by atoms with Crippen molar-refractivity contribution in [3.63, 3.8) is 0 Å². The summed E-state index contributed by atoms with van der Waals surface area (Å²) in [5.74, 6) is -1.78. The van der Waals surface area contributed by atoms with Crippen LogP contribution in [-0.2, 0) is 29.0 Å². The molecular weight excluding hydrogens is 642 g/mol. The smallest absolute Gasteiger partial charge is 0.328 e. The van der Waals surface area contributed by atoms with Gasteiger partial charge in [0.2, 0.25) is 5.95 Å². The number of amides is 1. The van der Waals surface area contributed by atoms with E-state index in [1.54, 1.807) is 42.7 Å². The Balaban J connectivity index is 1.28. The summed E-state index contributed by atoms with van der Waals surface area (Å²) >= 11 is 6.83. The number of anilines is 1. The Labute approximate surface area is 280 Å². The Morgan fingerprint density at radius 2 is 1.98 bits per heavy atom. The van der Waals surface area contributed by atoms with Crippen LogP contribution in [0.3, 0.4) is 0 Å². The number of imidazole rings is 1. The number of nitrogens with zero attached hydrogens (tertiary/aromatic N) is 5. The van der Waals surface area contributed by atoms with E-state index in [9.17, 15) is 18.4 Å². The SMILES string of the molecule is COC(=O)[C@@H](Cc1ccccn1)NC(=O)c1ccc(-c2nc3cnc(NCc4ccc(F)c(F)c4)nc3n2C[C@@H]2CCCNC2)c(Cl)c1. The summed E-state index contributed by atoms with van der Waals surface area (Å²) < 4.78 is 34.0. The van der Waals surface area contributed by atoms with E-state index in [1.165, 1.54) is 19.2 Å². The quantitative estimate of drug-likeness (QED) is 0.166. The van der Waals surface area contributed by atoms with E-state index < -0.39 is 29.6 Å². The van der Waals surface area contributed by atoms with E-state index in [-0.39, 0.29) is 23.6 Å². The molecule has 5 aromatic rings. The number of methoxy groups -OCH3 is 1. The molecule has 248 valence electrons. The first kappa shape index (κ1) is 32.9. The maximum absolute atomic E-state index is 13.7. The summed E-state index contributed by atoms with van der Waals surface area (Å²) in [5, 5.41) is 9.54. The molecule has 2 aromatic carbocycles. The minimum Gasteiger partial charge on any atom is -0.467 e. The van der Waals surface area contributed by atoms with Crippen LogP contribution in [0.25, 0.3) is 22.6 Å². The second kappa shape index (κ2) is 14.8. The van der Waals surface area contributed by atoms with Gasteiger partial charge < -0.3 is 25.3 Å². The molecule has 0 saturated carbocycles. The normalized spacial score (nSPS) is 15.2. The molecule has 0 unspecified atom stereocenters. The van der Waals surface area contributed by atoms with Gasteiger partial charge in [-0.15, -0.1) is 0 Å². The van der Waals surface area contributed by atoms with E-state index in [4.69, 9.17) is 26.3 Å². The van der Waals surface area contributed by atoms with Gasteiger partial charge in [0.25, 0.3) is 5.91 Å². The zero-order valence-electron chi connectivity index (χ0n) is 26.1. The molecule has 6 rings (SSSR count). The van der Waals surface area contributed by atoms with Crippen molar-refractivity contribution in [3.8, 4) is 11.4 Å². The molecule has 4 heterocycles. The predicted octanol–water partition coefficient (Wildman–Crippen LogP) is 4.95. The van der Waals surface area contributed by atoms with Crippen molar-refractivity contribution >= 4 is 40.6 Å². The third kappa shape index (κ3) is 7.58. The van der Waals surface area contributed by atoms with E-state index in [2.05, 4.69) is 25.9 Å². The first-order chi connectivity index (χ1) is 23.3.